The van der Waals surface area contributed by atoms with Crippen LogP contribution in [0.15, 0.2) is 0 Å². The van der Waals surface area contributed by atoms with E-state index in [4.69, 9.17) is 24.7 Å². The lowest BCUT2D eigenvalue weighted by molar-refractivity contribution is -0.528. The van der Waals surface area contributed by atoms with Crippen molar-refractivity contribution in [2.45, 2.75) is 97.1 Å². The highest BCUT2D eigenvalue weighted by molar-refractivity contribution is 5.75. The zero-order valence-corrected chi connectivity index (χ0v) is 16.1. The highest BCUT2D eigenvalue weighted by Crippen LogP contribution is 2.28. The quantitative estimate of drug-likeness (QED) is 0.233. The van der Waals surface area contributed by atoms with Crippen molar-refractivity contribution in [1.82, 2.24) is 0 Å². The molecule has 0 unspecified atom stereocenters. The van der Waals surface area contributed by atoms with E-state index in [1.807, 2.05) is 0 Å². The zero-order valence-electron chi connectivity index (χ0n) is 16.1. The number of rotatable bonds is 12. The topological polar surface area (TPSA) is 112 Å². The van der Waals surface area contributed by atoms with Crippen LogP contribution in [0.1, 0.15) is 80.1 Å². The predicted octanol–water partition coefficient (Wildman–Crippen LogP) is 3.69. The largest absolute Gasteiger partial charge is 0.481 e. The molecule has 0 aliphatic rings. The fraction of sp³-hybridized carbons (Fsp3) is 0.882. The van der Waals surface area contributed by atoms with E-state index in [1.165, 1.54) is 0 Å². The van der Waals surface area contributed by atoms with Crippen molar-refractivity contribution in [2.75, 3.05) is 0 Å². The zero-order chi connectivity index (χ0) is 19.7. The predicted molar refractivity (Wildman–Crippen MR) is 89.6 cm³/mol. The molecule has 0 saturated heterocycles. The van der Waals surface area contributed by atoms with Gasteiger partial charge in [0.05, 0.1) is 11.2 Å². The minimum atomic E-state index is -2.09. The van der Waals surface area contributed by atoms with Gasteiger partial charge in [-0.15, -0.1) is 0 Å². The molecule has 0 saturated carbocycles. The minimum absolute atomic E-state index is 0.00155. The van der Waals surface area contributed by atoms with Crippen molar-refractivity contribution in [3.8, 4) is 0 Å². The second-order valence-electron chi connectivity index (χ2n) is 7.92. The molecule has 25 heavy (non-hydrogen) atoms. The van der Waals surface area contributed by atoms with Gasteiger partial charge < -0.3 is 10.2 Å². The lowest BCUT2D eigenvalue weighted by atomic mass is 10.1. The summed E-state index contributed by atoms with van der Waals surface area (Å²) in [5.41, 5.74) is -1.46. The van der Waals surface area contributed by atoms with E-state index >= 15 is 0 Å². The Bertz CT molecular complexity index is 401. The normalized spacial score (nSPS) is 13.0. The summed E-state index contributed by atoms with van der Waals surface area (Å²) >= 11 is 0. The van der Waals surface area contributed by atoms with Crippen LogP contribution >= 0.6 is 0 Å². The van der Waals surface area contributed by atoms with Crippen LogP contribution in [-0.4, -0.2) is 39.1 Å². The number of carboxylic acid groups (broad SMARTS) is 2. The molecule has 8 heteroatoms. The number of carboxylic acids is 2. The number of unbranched alkanes of at least 4 members (excludes halogenated alkanes) is 3. The van der Waals surface area contributed by atoms with Gasteiger partial charge in [-0.05, 0) is 54.4 Å². The first-order valence-electron chi connectivity index (χ1n) is 8.46. The highest BCUT2D eigenvalue weighted by atomic mass is 17.3. The standard InChI is InChI=1S/C17H32O8/c1-15(2,3)22-24-17(14(20)21,25-23-16(4,5)6)12-10-8-7-9-11-13(18)19/h7-12H2,1-6H3,(H,18,19)(H,20,21). The van der Waals surface area contributed by atoms with Gasteiger partial charge in [-0.2, -0.15) is 9.78 Å². The number of aliphatic carboxylic acids is 2. The van der Waals surface area contributed by atoms with Crippen molar-refractivity contribution in [1.29, 1.82) is 0 Å². The molecule has 0 heterocycles. The molecular weight excluding hydrogens is 332 g/mol. The SMILES string of the molecule is CC(C)(C)OOC(CCCCCCC(=O)O)(OOC(C)(C)C)C(=O)O. The van der Waals surface area contributed by atoms with Crippen LogP contribution in [-0.2, 0) is 29.1 Å². The summed E-state index contributed by atoms with van der Waals surface area (Å²) in [5, 5.41) is 18.2. The molecule has 148 valence electrons. The number of carbonyl (C=O) groups is 2. The van der Waals surface area contributed by atoms with E-state index in [0.29, 0.717) is 25.7 Å². The smallest absolute Gasteiger partial charge is 0.370 e. The van der Waals surface area contributed by atoms with Crippen molar-refractivity contribution < 1.29 is 39.4 Å². The maximum Gasteiger partial charge on any atom is 0.370 e. The fourth-order valence-electron chi connectivity index (χ4n) is 1.65. The molecule has 0 bridgehead atoms. The van der Waals surface area contributed by atoms with Crippen molar-refractivity contribution in [3.63, 3.8) is 0 Å². The maximum atomic E-state index is 11.8. The monoisotopic (exact) mass is 364 g/mol. The van der Waals surface area contributed by atoms with E-state index in [-0.39, 0.29) is 12.8 Å². The number of hydrogen-bond acceptors (Lipinski definition) is 6. The van der Waals surface area contributed by atoms with Gasteiger partial charge in [0.1, 0.15) is 0 Å². The average Bonchev–Trinajstić information content (AvgIpc) is 2.42. The van der Waals surface area contributed by atoms with Crippen molar-refractivity contribution in [3.05, 3.63) is 0 Å². The Morgan fingerprint density at radius 1 is 0.720 bits per heavy atom. The lowest BCUT2D eigenvalue weighted by Crippen LogP contribution is -2.47. The first kappa shape index (κ1) is 23.8. The van der Waals surface area contributed by atoms with Crippen molar-refractivity contribution >= 4 is 11.9 Å². The molecule has 0 aromatic rings. The first-order valence-corrected chi connectivity index (χ1v) is 8.46. The maximum absolute atomic E-state index is 11.8. The van der Waals surface area contributed by atoms with E-state index in [9.17, 15) is 14.7 Å². The Morgan fingerprint density at radius 3 is 1.52 bits per heavy atom. The van der Waals surface area contributed by atoms with Gasteiger partial charge in [-0.1, -0.05) is 12.8 Å². The molecule has 0 amide bonds. The van der Waals surface area contributed by atoms with E-state index in [2.05, 4.69) is 0 Å². The van der Waals surface area contributed by atoms with Gasteiger partial charge in [0.15, 0.2) is 0 Å². The molecule has 2 N–H and O–H groups in total. The van der Waals surface area contributed by atoms with E-state index < -0.39 is 28.9 Å². The summed E-state index contributed by atoms with van der Waals surface area (Å²) in [6.45, 7) is 10.3. The number of hydrogen-bond donors (Lipinski definition) is 2. The second-order valence-corrected chi connectivity index (χ2v) is 7.92. The first-order chi connectivity index (χ1) is 11.3. The molecule has 0 radical (unpaired) electrons. The Kier molecular flexibility index (Phi) is 9.57. The third kappa shape index (κ3) is 11.9. The van der Waals surface area contributed by atoms with Gasteiger partial charge in [0, 0.05) is 12.8 Å². The lowest BCUT2D eigenvalue weighted by Gasteiger charge is -2.32. The van der Waals surface area contributed by atoms with Gasteiger partial charge in [-0.25, -0.2) is 14.6 Å². The Morgan fingerprint density at radius 2 is 1.16 bits per heavy atom. The molecule has 0 aliphatic carbocycles. The summed E-state index contributed by atoms with van der Waals surface area (Å²) in [7, 11) is 0. The summed E-state index contributed by atoms with van der Waals surface area (Å²) < 4.78 is 0. The third-order valence-corrected chi connectivity index (χ3v) is 2.82. The molecule has 0 aromatic carbocycles. The minimum Gasteiger partial charge on any atom is -0.481 e. The van der Waals surface area contributed by atoms with Crippen molar-refractivity contribution in [2.24, 2.45) is 0 Å². The van der Waals surface area contributed by atoms with Gasteiger partial charge >= 0.3 is 17.7 Å². The van der Waals surface area contributed by atoms with Crippen LogP contribution in [0.25, 0.3) is 0 Å². The molecular formula is C17H32O8. The summed E-state index contributed by atoms with van der Waals surface area (Å²) in [5.74, 6) is -4.29. The summed E-state index contributed by atoms with van der Waals surface area (Å²) in [4.78, 5) is 42.9. The second kappa shape index (κ2) is 10.1. The van der Waals surface area contributed by atoms with Crippen LogP contribution in [0.5, 0.6) is 0 Å². The van der Waals surface area contributed by atoms with Crippen LogP contribution < -0.4 is 0 Å². The van der Waals surface area contributed by atoms with Gasteiger partial charge in [0.2, 0.25) is 0 Å². The Balaban J connectivity index is 4.82. The molecule has 0 atom stereocenters. The van der Waals surface area contributed by atoms with Crippen LogP contribution in [0.4, 0.5) is 0 Å². The molecule has 0 spiro atoms. The van der Waals surface area contributed by atoms with Crippen LogP contribution in [0.3, 0.4) is 0 Å². The molecule has 0 aliphatic heterocycles. The Labute approximate surface area is 149 Å². The van der Waals surface area contributed by atoms with E-state index in [0.717, 1.165) is 0 Å². The highest BCUT2D eigenvalue weighted by Gasteiger charge is 2.46. The molecule has 0 fully saturated rings. The Hall–Kier alpha value is -1.22. The average molecular weight is 364 g/mol. The van der Waals surface area contributed by atoms with E-state index in [1.54, 1.807) is 41.5 Å². The summed E-state index contributed by atoms with van der Waals surface area (Å²) in [6.07, 6.45) is 2.39. The third-order valence-electron chi connectivity index (χ3n) is 2.82. The fourth-order valence-corrected chi connectivity index (χ4v) is 1.65. The van der Waals surface area contributed by atoms with Gasteiger partial charge in [-0.3, -0.25) is 4.79 Å². The molecule has 0 aromatic heterocycles. The van der Waals surface area contributed by atoms with Gasteiger partial charge in [0.25, 0.3) is 0 Å². The summed E-state index contributed by atoms with van der Waals surface area (Å²) in [6, 6.07) is 0. The van der Waals surface area contributed by atoms with Crippen LogP contribution in [0, 0.1) is 0 Å². The molecule has 8 nitrogen and oxygen atoms in total. The van der Waals surface area contributed by atoms with Crippen LogP contribution in [0.2, 0.25) is 0 Å². The molecule has 0 rings (SSSR count).